The highest BCUT2D eigenvalue weighted by Gasteiger charge is 2.35. The molecule has 0 unspecified atom stereocenters. The highest BCUT2D eigenvalue weighted by molar-refractivity contribution is 5.14. The monoisotopic (exact) mass is 191 g/mol. The van der Waals surface area contributed by atoms with E-state index in [1.54, 1.807) is 0 Å². The van der Waals surface area contributed by atoms with Crippen molar-refractivity contribution in [2.75, 3.05) is 13.2 Å². The van der Waals surface area contributed by atoms with Crippen LogP contribution in [0.1, 0.15) is 12.0 Å². The first-order chi connectivity index (χ1) is 6.90. The van der Waals surface area contributed by atoms with Crippen molar-refractivity contribution in [3.05, 3.63) is 35.9 Å². The summed E-state index contributed by atoms with van der Waals surface area (Å²) in [6.45, 7) is 2.34. The molecule has 0 bridgehead atoms. The van der Waals surface area contributed by atoms with Gasteiger partial charge in [-0.3, -0.25) is 0 Å². The lowest BCUT2D eigenvalue weighted by molar-refractivity contribution is 0.268. The Bertz CT molecular complexity index is 273. The molecule has 0 heterocycles. The van der Waals surface area contributed by atoms with Gasteiger partial charge in [0.1, 0.15) is 0 Å². The molecular formula is C12H17NO. The van der Waals surface area contributed by atoms with E-state index in [9.17, 15) is 0 Å². The summed E-state index contributed by atoms with van der Waals surface area (Å²) in [7, 11) is 0. The molecule has 0 aliphatic heterocycles. The number of rotatable bonds is 5. The average Bonchev–Trinajstić information content (AvgIpc) is 2.98. The first kappa shape index (κ1) is 9.69. The standard InChI is InChI=1S/C12H17NO/c14-9-12-6-11(12)8-13-7-10-4-2-1-3-5-10/h1-5,11-14H,6-9H2/t11-,12-/m1/s1. The number of hydrogen-bond acceptors (Lipinski definition) is 2. The summed E-state index contributed by atoms with van der Waals surface area (Å²) in [6.07, 6.45) is 1.19. The van der Waals surface area contributed by atoms with E-state index >= 15 is 0 Å². The van der Waals surface area contributed by atoms with E-state index in [0.29, 0.717) is 18.4 Å². The van der Waals surface area contributed by atoms with Gasteiger partial charge < -0.3 is 10.4 Å². The molecule has 0 amide bonds. The Morgan fingerprint density at radius 1 is 1.21 bits per heavy atom. The molecule has 1 aromatic carbocycles. The molecule has 2 heteroatoms. The summed E-state index contributed by atoms with van der Waals surface area (Å²) in [5.74, 6) is 1.28. The SMILES string of the molecule is OC[C@H]1C[C@@H]1CNCc1ccccc1. The Balaban J connectivity index is 1.64. The van der Waals surface area contributed by atoms with Crippen LogP contribution in [0.5, 0.6) is 0 Å². The predicted molar refractivity (Wildman–Crippen MR) is 56.8 cm³/mol. The van der Waals surface area contributed by atoms with Gasteiger partial charge in [-0.15, -0.1) is 0 Å². The number of aliphatic hydroxyl groups excluding tert-OH is 1. The molecule has 14 heavy (non-hydrogen) atoms. The van der Waals surface area contributed by atoms with Crippen LogP contribution >= 0.6 is 0 Å². The second-order valence-corrected chi connectivity index (χ2v) is 4.05. The normalized spacial score (nSPS) is 24.9. The molecule has 2 N–H and O–H groups in total. The third-order valence-corrected chi connectivity index (χ3v) is 2.88. The van der Waals surface area contributed by atoms with E-state index in [-0.39, 0.29) is 0 Å². The Morgan fingerprint density at radius 3 is 2.64 bits per heavy atom. The van der Waals surface area contributed by atoms with Crippen molar-refractivity contribution in [3.8, 4) is 0 Å². The molecule has 0 saturated heterocycles. The van der Waals surface area contributed by atoms with Crippen LogP contribution in [0.3, 0.4) is 0 Å². The van der Waals surface area contributed by atoms with Gasteiger partial charge in [-0.1, -0.05) is 30.3 Å². The second-order valence-electron chi connectivity index (χ2n) is 4.05. The van der Waals surface area contributed by atoms with Crippen molar-refractivity contribution in [2.24, 2.45) is 11.8 Å². The van der Waals surface area contributed by atoms with Gasteiger partial charge in [0.25, 0.3) is 0 Å². The lowest BCUT2D eigenvalue weighted by atomic mass is 10.2. The maximum absolute atomic E-state index is 8.87. The highest BCUT2D eigenvalue weighted by Crippen LogP contribution is 2.36. The molecule has 0 radical (unpaired) electrons. The zero-order valence-electron chi connectivity index (χ0n) is 8.32. The molecule has 76 valence electrons. The smallest absolute Gasteiger partial charge is 0.0462 e. The van der Waals surface area contributed by atoms with Gasteiger partial charge in [0.15, 0.2) is 0 Å². The van der Waals surface area contributed by atoms with E-state index in [0.717, 1.165) is 13.1 Å². The topological polar surface area (TPSA) is 32.3 Å². The lowest BCUT2D eigenvalue weighted by Crippen LogP contribution is -2.17. The van der Waals surface area contributed by atoms with Crippen molar-refractivity contribution in [1.29, 1.82) is 0 Å². The second kappa shape index (κ2) is 4.58. The summed E-state index contributed by atoms with van der Waals surface area (Å²) < 4.78 is 0. The van der Waals surface area contributed by atoms with Crippen LogP contribution in [0.15, 0.2) is 30.3 Å². The molecule has 0 aromatic heterocycles. The van der Waals surface area contributed by atoms with Crippen molar-refractivity contribution < 1.29 is 5.11 Å². The van der Waals surface area contributed by atoms with Crippen LogP contribution in [0, 0.1) is 11.8 Å². The highest BCUT2D eigenvalue weighted by atomic mass is 16.3. The van der Waals surface area contributed by atoms with Crippen molar-refractivity contribution in [3.63, 3.8) is 0 Å². The van der Waals surface area contributed by atoms with Crippen LogP contribution in [0.2, 0.25) is 0 Å². The van der Waals surface area contributed by atoms with Crippen LogP contribution in [-0.4, -0.2) is 18.3 Å². The number of aliphatic hydroxyl groups is 1. The third kappa shape index (κ3) is 2.56. The van der Waals surface area contributed by atoms with Gasteiger partial charge in [-0.05, 0) is 30.4 Å². The van der Waals surface area contributed by atoms with Crippen LogP contribution in [0.25, 0.3) is 0 Å². The number of benzene rings is 1. The quantitative estimate of drug-likeness (QED) is 0.737. The first-order valence-electron chi connectivity index (χ1n) is 5.25. The van der Waals surface area contributed by atoms with Gasteiger partial charge >= 0.3 is 0 Å². The largest absolute Gasteiger partial charge is 0.396 e. The Morgan fingerprint density at radius 2 is 2.00 bits per heavy atom. The van der Waals surface area contributed by atoms with Crippen molar-refractivity contribution >= 4 is 0 Å². The predicted octanol–water partition coefficient (Wildman–Crippen LogP) is 1.40. The molecular weight excluding hydrogens is 174 g/mol. The van der Waals surface area contributed by atoms with E-state index in [1.165, 1.54) is 12.0 Å². The Kier molecular flexibility index (Phi) is 3.17. The minimum Gasteiger partial charge on any atom is -0.396 e. The lowest BCUT2D eigenvalue weighted by Gasteiger charge is -2.03. The molecule has 2 rings (SSSR count). The molecule has 0 spiro atoms. The van der Waals surface area contributed by atoms with Crippen LogP contribution < -0.4 is 5.32 Å². The van der Waals surface area contributed by atoms with Crippen molar-refractivity contribution in [1.82, 2.24) is 5.32 Å². The third-order valence-electron chi connectivity index (χ3n) is 2.88. The summed E-state index contributed by atoms with van der Waals surface area (Å²) >= 11 is 0. The molecule has 1 saturated carbocycles. The first-order valence-corrected chi connectivity index (χ1v) is 5.25. The van der Waals surface area contributed by atoms with Crippen LogP contribution in [-0.2, 0) is 6.54 Å². The van der Waals surface area contributed by atoms with Crippen molar-refractivity contribution in [2.45, 2.75) is 13.0 Å². The minimum atomic E-state index is 0.359. The van der Waals surface area contributed by atoms with Gasteiger partial charge in [0, 0.05) is 13.2 Å². The van der Waals surface area contributed by atoms with Gasteiger partial charge in [-0.2, -0.15) is 0 Å². The van der Waals surface area contributed by atoms with E-state index < -0.39 is 0 Å². The number of nitrogens with one attached hydrogen (secondary N) is 1. The van der Waals surface area contributed by atoms with E-state index in [4.69, 9.17) is 5.11 Å². The Hall–Kier alpha value is -0.860. The maximum atomic E-state index is 8.87. The average molecular weight is 191 g/mol. The van der Waals surface area contributed by atoms with Gasteiger partial charge in [-0.25, -0.2) is 0 Å². The molecule has 1 aromatic rings. The molecule has 1 aliphatic rings. The molecule has 2 nitrogen and oxygen atoms in total. The molecule has 2 atom stereocenters. The fourth-order valence-corrected chi connectivity index (χ4v) is 1.78. The maximum Gasteiger partial charge on any atom is 0.0462 e. The summed E-state index contributed by atoms with van der Waals surface area (Å²) in [5.41, 5.74) is 1.33. The molecule has 1 aliphatic carbocycles. The minimum absolute atomic E-state index is 0.359. The summed E-state index contributed by atoms with van der Waals surface area (Å²) in [5, 5.41) is 12.3. The van der Waals surface area contributed by atoms with Crippen LogP contribution in [0.4, 0.5) is 0 Å². The number of hydrogen-bond donors (Lipinski definition) is 2. The van der Waals surface area contributed by atoms with Gasteiger partial charge in [0.05, 0.1) is 0 Å². The Labute approximate surface area is 85.0 Å². The molecule has 1 fully saturated rings. The zero-order valence-corrected chi connectivity index (χ0v) is 8.32. The zero-order chi connectivity index (χ0) is 9.80. The van der Waals surface area contributed by atoms with E-state index in [2.05, 4.69) is 29.6 Å². The van der Waals surface area contributed by atoms with E-state index in [1.807, 2.05) is 6.07 Å². The fraction of sp³-hybridized carbons (Fsp3) is 0.500. The van der Waals surface area contributed by atoms with Gasteiger partial charge in [0.2, 0.25) is 0 Å². The fourth-order valence-electron chi connectivity index (χ4n) is 1.78. The summed E-state index contributed by atoms with van der Waals surface area (Å²) in [4.78, 5) is 0. The summed E-state index contributed by atoms with van der Waals surface area (Å²) in [6, 6.07) is 10.4.